The summed E-state index contributed by atoms with van der Waals surface area (Å²) in [5.41, 5.74) is 6.03. The molecule has 0 aliphatic heterocycles. The summed E-state index contributed by atoms with van der Waals surface area (Å²) in [6.45, 7) is -1.65. The molecule has 0 saturated heterocycles. The maximum absolute atomic E-state index is 12.9. The number of nitrogens with zero attached hydrogens (tertiary/aromatic N) is 2. The number of aromatic nitrogens is 2. The molecule has 0 bridgehead atoms. The van der Waals surface area contributed by atoms with Crippen molar-refractivity contribution in [1.29, 1.82) is 0 Å². The van der Waals surface area contributed by atoms with Gasteiger partial charge in [0.15, 0.2) is 0 Å². The normalized spacial score (nSPS) is 11.5. The zero-order chi connectivity index (χ0) is 13.9. The van der Waals surface area contributed by atoms with Crippen molar-refractivity contribution in [3.63, 3.8) is 0 Å². The average molecular weight is 266 g/mol. The Bertz CT molecular complexity index is 603. The fraction of sp³-hybridized carbons (Fsp3) is 0.250. The molecule has 0 fully saturated rings. The highest BCUT2D eigenvalue weighted by Crippen LogP contribution is 2.10. The lowest BCUT2D eigenvalue weighted by atomic mass is 10.3. The number of hydrogen-bond donors (Lipinski definition) is 2. The molecule has 7 heteroatoms. The van der Waals surface area contributed by atoms with Crippen LogP contribution in [-0.2, 0) is 0 Å². The van der Waals surface area contributed by atoms with E-state index in [4.69, 9.17) is 5.73 Å². The molecular weight excluding hydrogens is 254 g/mol. The smallest absolute Gasteiger partial charge is 0.277 e. The maximum atomic E-state index is 12.9. The van der Waals surface area contributed by atoms with Crippen LogP contribution in [0.2, 0.25) is 0 Å². The molecule has 1 aromatic carbocycles. The maximum Gasteiger partial charge on any atom is 0.277 e. The van der Waals surface area contributed by atoms with Gasteiger partial charge in [-0.05, 0) is 12.1 Å². The number of amides is 1. The number of carbonyl (C=O) groups excluding carboxylic acids is 1. The second-order valence-corrected chi connectivity index (χ2v) is 3.99. The van der Waals surface area contributed by atoms with Crippen LogP contribution in [0.25, 0.3) is 11.0 Å². The van der Waals surface area contributed by atoms with Crippen molar-refractivity contribution < 1.29 is 13.6 Å². The molecule has 0 aliphatic rings. The molecule has 0 radical (unpaired) electrons. The van der Waals surface area contributed by atoms with Gasteiger partial charge in [0.1, 0.15) is 5.69 Å². The minimum Gasteiger partial charge on any atom is -0.345 e. The summed E-state index contributed by atoms with van der Waals surface area (Å²) in [6, 6.07) is 6.97. The molecule has 1 aromatic heterocycles. The van der Waals surface area contributed by atoms with Crippen LogP contribution in [0.4, 0.5) is 8.78 Å². The van der Waals surface area contributed by atoms with Crippen LogP contribution in [-0.4, -0.2) is 34.9 Å². The Labute approximate surface area is 107 Å². The number of benzene rings is 1. The minimum absolute atomic E-state index is 0.00785. The Kier molecular flexibility index (Phi) is 3.66. The number of nitrogens with two attached hydrogens (primary N) is 1. The predicted molar refractivity (Wildman–Crippen MR) is 65.9 cm³/mol. The van der Waals surface area contributed by atoms with E-state index in [2.05, 4.69) is 15.3 Å². The van der Waals surface area contributed by atoms with E-state index in [0.717, 1.165) is 0 Å². The third kappa shape index (κ3) is 3.19. The van der Waals surface area contributed by atoms with Gasteiger partial charge in [-0.3, -0.25) is 9.78 Å². The Morgan fingerprint density at radius 3 is 2.68 bits per heavy atom. The molecule has 1 heterocycles. The first-order valence-electron chi connectivity index (χ1n) is 5.60. The largest absolute Gasteiger partial charge is 0.345 e. The first kappa shape index (κ1) is 13.3. The number of halogens is 2. The molecule has 0 saturated carbocycles. The van der Waals surface area contributed by atoms with Crippen LogP contribution in [0.3, 0.4) is 0 Å². The zero-order valence-electron chi connectivity index (χ0n) is 9.94. The first-order chi connectivity index (χ1) is 9.02. The number of rotatable bonds is 4. The van der Waals surface area contributed by atoms with Crippen molar-refractivity contribution in [3.8, 4) is 0 Å². The predicted octanol–water partition coefficient (Wildman–Crippen LogP) is 0.954. The number of carbonyl (C=O) groups is 1. The highest BCUT2D eigenvalue weighted by molar-refractivity contribution is 5.93. The topological polar surface area (TPSA) is 80.9 Å². The van der Waals surface area contributed by atoms with E-state index < -0.39 is 24.9 Å². The van der Waals surface area contributed by atoms with Gasteiger partial charge in [-0.2, -0.15) is 0 Å². The molecule has 0 aliphatic carbocycles. The second kappa shape index (κ2) is 5.23. The number of fused-ring (bicyclic) bond motifs is 1. The minimum atomic E-state index is -3.13. The van der Waals surface area contributed by atoms with Gasteiger partial charge in [0.05, 0.1) is 30.3 Å². The summed E-state index contributed by atoms with van der Waals surface area (Å²) in [5, 5.41) is 2.08. The summed E-state index contributed by atoms with van der Waals surface area (Å²) in [7, 11) is 0. The van der Waals surface area contributed by atoms with Crippen molar-refractivity contribution in [2.45, 2.75) is 5.92 Å². The highest BCUT2D eigenvalue weighted by atomic mass is 19.3. The summed E-state index contributed by atoms with van der Waals surface area (Å²) >= 11 is 0. The number of para-hydroxylation sites is 2. The lowest BCUT2D eigenvalue weighted by molar-refractivity contribution is 0.0118. The Hall–Kier alpha value is -2.15. The van der Waals surface area contributed by atoms with Crippen molar-refractivity contribution >= 4 is 16.9 Å². The van der Waals surface area contributed by atoms with Crippen LogP contribution in [0.5, 0.6) is 0 Å². The summed E-state index contributed by atoms with van der Waals surface area (Å²) in [6.07, 6.45) is 1.25. The van der Waals surface area contributed by atoms with E-state index in [9.17, 15) is 13.6 Å². The van der Waals surface area contributed by atoms with Crippen molar-refractivity contribution in [2.24, 2.45) is 5.73 Å². The molecule has 3 N–H and O–H groups in total. The van der Waals surface area contributed by atoms with E-state index in [1.54, 1.807) is 24.3 Å². The SMILES string of the molecule is NCC(F)(F)CNC(=O)c1cnc2ccccc2n1. The standard InChI is InChI=1S/C12H12F2N4O/c13-12(14,6-15)7-17-11(19)10-5-16-8-3-1-2-4-9(8)18-10/h1-5H,6-7,15H2,(H,17,19). The fourth-order valence-electron chi connectivity index (χ4n) is 1.44. The molecule has 2 rings (SSSR count). The Balaban J connectivity index is 2.13. The van der Waals surface area contributed by atoms with Crippen LogP contribution in [0, 0.1) is 0 Å². The lowest BCUT2D eigenvalue weighted by Gasteiger charge is -2.14. The van der Waals surface area contributed by atoms with Gasteiger partial charge in [0, 0.05) is 0 Å². The zero-order valence-corrected chi connectivity index (χ0v) is 9.94. The fourth-order valence-corrected chi connectivity index (χ4v) is 1.44. The molecule has 19 heavy (non-hydrogen) atoms. The van der Waals surface area contributed by atoms with Gasteiger partial charge in [-0.1, -0.05) is 12.1 Å². The second-order valence-electron chi connectivity index (χ2n) is 3.99. The van der Waals surface area contributed by atoms with E-state index in [1.807, 2.05) is 0 Å². The molecule has 5 nitrogen and oxygen atoms in total. The quantitative estimate of drug-likeness (QED) is 0.863. The molecule has 2 aromatic rings. The third-order valence-electron chi connectivity index (χ3n) is 2.49. The Morgan fingerprint density at radius 1 is 1.32 bits per heavy atom. The van der Waals surface area contributed by atoms with Gasteiger partial charge in [-0.15, -0.1) is 0 Å². The Morgan fingerprint density at radius 2 is 2.00 bits per heavy atom. The monoisotopic (exact) mass is 266 g/mol. The summed E-state index contributed by atoms with van der Waals surface area (Å²) < 4.78 is 25.8. The number of alkyl halides is 2. The summed E-state index contributed by atoms with van der Waals surface area (Å²) in [4.78, 5) is 19.7. The third-order valence-corrected chi connectivity index (χ3v) is 2.49. The number of nitrogens with one attached hydrogen (secondary N) is 1. The molecule has 0 unspecified atom stereocenters. The van der Waals surface area contributed by atoms with E-state index >= 15 is 0 Å². The molecule has 100 valence electrons. The van der Waals surface area contributed by atoms with Crippen LogP contribution < -0.4 is 11.1 Å². The molecular formula is C12H12F2N4O. The molecule has 0 spiro atoms. The van der Waals surface area contributed by atoms with Gasteiger partial charge in [-0.25, -0.2) is 13.8 Å². The molecule has 0 atom stereocenters. The first-order valence-corrected chi connectivity index (χ1v) is 5.60. The van der Waals surface area contributed by atoms with E-state index in [1.165, 1.54) is 6.20 Å². The van der Waals surface area contributed by atoms with Crippen LogP contribution in [0.15, 0.2) is 30.5 Å². The van der Waals surface area contributed by atoms with Crippen molar-refractivity contribution in [3.05, 3.63) is 36.2 Å². The van der Waals surface area contributed by atoms with Crippen LogP contribution in [0.1, 0.15) is 10.5 Å². The van der Waals surface area contributed by atoms with E-state index in [-0.39, 0.29) is 5.69 Å². The van der Waals surface area contributed by atoms with Gasteiger partial charge < -0.3 is 11.1 Å². The lowest BCUT2D eigenvalue weighted by Crippen LogP contribution is -2.41. The van der Waals surface area contributed by atoms with E-state index in [0.29, 0.717) is 11.0 Å². The van der Waals surface area contributed by atoms with Gasteiger partial charge in [0.25, 0.3) is 11.8 Å². The van der Waals surface area contributed by atoms with Gasteiger partial charge >= 0.3 is 0 Å². The van der Waals surface area contributed by atoms with Crippen molar-refractivity contribution in [1.82, 2.24) is 15.3 Å². The number of hydrogen-bond acceptors (Lipinski definition) is 4. The van der Waals surface area contributed by atoms with Crippen LogP contribution >= 0.6 is 0 Å². The van der Waals surface area contributed by atoms with Crippen molar-refractivity contribution in [2.75, 3.05) is 13.1 Å². The summed E-state index contributed by atoms with van der Waals surface area (Å²) in [5.74, 6) is -3.83. The highest BCUT2D eigenvalue weighted by Gasteiger charge is 2.27. The average Bonchev–Trinajstić information content (AvgIpc) is 2.44. The van der Waals surface area contributed by atoms with Gasteiger partial charge in [0.2, 0.25) is 0 Å². The molecule has 1 amide bonds.